The minimum atomic E-state index is 0.552. The van der Waals surface area contributed by atoms with Gasteiger partial charge in [0.1, 0.15) is 5.82 Å². The van der Waals surface area contributed by atoms with Crippen LogP contribution in [0.2, 0.25) is 5.02 Å². The molecule has 0 bridgehead atoms. The molecule has 0 spiro atoms. The van der Waals surface area contributed by atoms with Crippen molar-refractivity contribution in [2.24, 2.45) is 0 Å². The second-order valence-electron chi connectivity index (χ2n) is 4.83. The number of thiazole rings is 1. The molecule has 0 radical (unpaired) electrons. The molecule has 0 aliphatic carbocycles. The zero-order chi connectivity index (χ0) is 14.8. The van der Waals surface area contributed by atoms with Gasteiger partial charge in [-0.25, -0.2) is 9.97 Å². The summed E-state index contributed by atoms with van der Waals surface area (Å²) in [4.78, 5) is 9.17. The van der Waals surface area contributed by atoms with E-state index in [9.17, 15) is 0 Å². The highest BCUT2D eigenvalue weighted by Crippen LogP contribution is 2.25. The third-order valence-corrected chi connectivity index (χ3v) is 4.69. The number of halogens is 2. The Balaban J connectivity index is 1.96. The van der Waals surface area contributed by atoms with E-state index in [1.807, 2.05) is 25.1 Å². The van der Waals surface area contributed by atoms with E-state index in [0.29, 0.717) is 5.88 Å². The van der Waals surface area contributed by atoms with Crippen molar-refractivity contribution in [3.63, 3.8) is 0 Å². The minimum Gasteiger partial charge on any atom is -0.326 e. The van der Waals surface area contributed by atoms with Crippen LogP contribution in [-0.2, 0) is 19.4 Å². The smallest absolute Gasteiger partial charge is 0.111 e. The van der Waals surface area contributed by atoms with Crippen LogP contribution in [0.5, 0.6) is 0 Å². The second kappa shape index (κ2) is 6.34. The zero-order valence-corrected chi connectivity index (χ0v) is 14.0. The van der Waals surface area contributed by atoms with Crippen molar-refractivity contribution in [2.75, 3.05) is 5.88 Å². The predicted molar refractivity (Wildman–Crippen MR) is 89.7 cm³/mol. The number of nitrogens with zero attached hydrogens (tertiary/aromatic N) is 3. The molecule has 3 rings (SSSR count). The Morgan fingerprint density at radius 3 is 2.81 bits per heavy atom. The van der Waals surface area contributed by atoms with Crippen molar-refractivity contribution in [1.82, 2.24) is 14.5 Å². The fraction of sp³-hybridized carbons (Fsp3) is 0.333. The molecule has 0 aliphatic rings. The predicted octanol–water partition coefficient (Wildman–Crippen LogP) is 4.48. The number of benzene rings is 1. The first-order valence-electron chi connectivity index (χ1n) is 6.79. The molecule has 0 fully saturated rings. The average molecular weight is 340 g/mol. The lowest BCUT2D eigenvalue weighted by Gasteiger charge is -2.08. The number of hydrogen-bond donors (Lipinski definition) is 0. The van der Waals surface area contributed by atoms with Crippen LogP contribution in [0.25, 0.3) is 11.0 Å². The molecule has 0 atom stereocenters. The molecule has 6 heteroatoms. The molecule has 0 amide bonds. The number of fused-ring (bicyclic) bond motifs is 1. The van der Waals surface area contributed by atoms with Crippen molar-refractivity contribution in [3.8, 4) is 0 Å². The zero-order valence-electron chi connectivity index (χ0n) is 11.6. The Labute approximate surface area is 137 Å². The van der Waals surface area contributed by atoms with Gasteiger partial charge < -0.3 is 4.57 Å². The molecule has 0 saturated heterocycles. The van der Waals surface area contributed by atoms with Crippen LogP contribution in [0.15, 0.2) is 23.6 Å². The maximum absolute atomic E-state index is 6.35. The lowest BCUT2D eigenvalue weighted by atomic mass is 10.3. The lowest BCUT2D eigenvalue weighted by molar-refractivity contribution is 0.667. The first-order chi connectivity index (χ1) is 10.2. The van der Waals surface area contributed by atoms with E-state index in [0.717, 1.165) is 52.0 Å². The van der Waals surface area contributed by atoms with Gasteiger partial charge in [-0.05, 0) is 19.1 Å². The molecule has 21 heavy (non-hydrogen) atoms. The highest BCUT2D eigenvalue weighted by atomic mass is 35.5. The van der Waals surface area contributed by atoms with Crippen LogP contribution in [0.4, 0.5) is 0 Å². The average Bonchev–Trinajstić information content (AvgIpc) is 3.01. The standard InChI is InChI=1S/C15H15Cl2N3S/c1-10-18-11(9-21-10)6-8-20-14(5-7-16)19-13-4-2-3-12(17)15(13)20/h2-4,9H,5-8H2,1H3. The van der Waals surface area contributed by atoms with E-state index in [4.69, 9.17) is 23.2 Å². The number of aryl methyl sites for hydroxylation is 4. The summed E-state index contributed by atoms with van der Waals surface area (Å²) in [6, 6.07) is 5.82. The molecule has 2 heterocycles. The molecule has 1 aromatic carbocycles. The molecule has 0 saturated carbocycles. The van der Waals surface area contributed by atoms with Gasteiger partial charge in [0.25, 0.3) is 0 Å². The first kappa shape index (κ1) is 14.8. The van der Waals surface area contributed by atoms with E-state index in [2.05, 4.69) is 19.9 Å². The molecule has 0 N–H and O–H groups in total. The normalized spacial score (nSPS) is 11.4. The molecule has 3 nitrogen and oxygen atoms in total. The van der Waals surface area contributed by atoms with Gasteiger partial charge in [-0.15, -0.1) is 22.9 Å². The van der Waals surface area contributed by atoms with Crippen LogP contribution in [0.3, 0.4) is 0 Å². The van der Waals surface area contributed by atoms with Gasteiger partial charge in [0, 0.05) is 30.6 Å². The second-order valence-corrected chi connectivity index (χ2v) is 6.68. The van der Waals surface area contributed by atoms with Gasteiger partial charge in [0.15, 0.2) is 0 Å². The summed E-state index contributed by atoms with van der Waals surface area (Å²) in [5, 5.41) is 3.94. The van der Waals surface area contributed by atoms with E-state index in [1.54, 1.807) is 11.3 Å². The summed E-state index contributed by atoms with van der Waals surface area (Å²) < 4.78 is 2.18. The number of alkyl halides is 1. The largest absolute Gasteiger partial charge is 0.326 e. The number of hydrogen-bond acceptors (Lipinski definition) is 3. The third kappa shape index (κ3) is 3.07. The van der Waals surface area contributed by atoms with Gasteiger partial charge in [-0.1, -0.05) is 17.7 Å². The fourth-order valence-electron chi connectivity index (χ4n) is 2.46. The highest BCUT2D eigenvalue weighted by molar-refractivity contribution is 7.09. The summed E-state index contributed by atoms with van der Waals surface area (Å²) in [6.07, 6.45) is 1.61. The quantitative estimate of drug-likeness (QED) is 0.641. The van der Waals surface area contributed by atoms with Crippen molar-refractivity contribution in [3.05, 3.63) is 45.1 Å². The van der Waals surface area contributed by atoms with Crippen LogP contribution in [0, 0.1) is 6.92 Å². The van der Waals surface area contributed by atoms with E-state index in [1.165, 1.54) is 0 Å². The van der Waals surface area contributed by atoms with E-state index >= 15 is 0 Å². The molecule has 3 aromatic rings. The summed E-state index contributed by atoms with van der Waals surface area (Å²) in [7, 11) is 0. The van der Waals surface area contributed by atoms with Crippen molar-refractivity contribution < 1.29 is 0 Å². The summed E-state index contributed by atoms with van der Waals surface area (Å²) in [5.74, 6) is 1.54. The van der Waals surface area contributed by atoms with Crippen LogP contribution in [-0.4, -0.2) is 20.4 Å². The summed E-state index contributed by atoms with van der Waals surface area (Å²) in [6.45, 7) is 2.84. The molecule has 0 aliphatic heterocycles. The number of imidazole rings is 1. The van der Waals surface area contributed by atoms with E-state index in [-0.39, 0.29) is 0 Å². The van der Waals surface area contributed by atoms with Crippen LogP contribution < -0.4 is 0 Å². The van der Waals surface area contributed by atoms with Gasteiger partial charge in [0.2, 0.25) is 0 Å². The topological polar surface area (TPSA) is 30.7 Å². The van der Waals surface area contributed by atoms with Crippen molar-refractivity contribution in [2.45, 2.75) is 26.3 Å². The number of rotatable bonds is 5. The summed E-state index contributed by atoms with van der Waals surface area (Å²) >= 11 is 13.9. The van der Waals surface area contributed by atoms with E-state index < -0.39 is 0 Å². The van der Waals surface area contributed by atoms with Gasteiger partial charge in [0.05, 0.1) is 26.8 Å². The number of para-hydroxylation sites is 1. The summed E-state index contributed by atoms with van der Waals surface area (Å²) in [5.41, 5.74) is 3.03. The maximum atomic E-state index is 6.35. The SMILES string of the molecule is Cc1nc(CCn2c(CCCl)nc3cccc(Cl)c32)cs1. The highest BCUT2D eigenvalue weighted by Gasteiger charge is 2.13. The third-order valence-electron chi connectivity index (χ3n) is 3.37. The number of aromatic nitrogens is 3. The molecular formula is C15H15Cl2N3S. The van der Waals surface area contributed by atoms with Gasteiger partial charge in [-0.2, -0.15) is 0 Å². The Hall–Kier alpha value is -1.10. The molecular weight excluding hydrogens is 325 g/mol. The Morgan fingerprint density at radius 2 is 2.10 bits per heavy atom. The minimum absolute atomic E-state index is 0.552. The maximum Gasteiger partial charge on any atom is 0.111 e. The van der Waals surface area contributed by atoms with Crippen molar-refractivity contribution in [1.29, 1.82) is 0 Å². The lowest BCUT2D eigenvalue weighted by Crippen LogP contribution is -2.07. The van der Waals surface area contributed by atoms with Gasteiger partial charge >= 0.3 is 0 Å². The van der Waals surface area contributed by atoms with Gasteiger partial charge in [-0.3, -0.25) is 0 Å². The molecule has 0 unspecified atom stereocenters. The molecule has 2 aromatic heterocycles. The van der Waals surface area contributed by atoms with Crippen LogP contribution >= 0.6 is 34.5 Å². The van der Waals surface area contributed by atoms with Crippen molar-refractivity contribution >= 4 is 45.6 Å². The molecule has 110 valence electrons. The first-order valence-corrected chi connectivity index (χ1v) is 8.59. The fourth-order valence-corrected chi connectivity index (χ4v) is 3.54. The Kier molecular flexibility index (Phi) is 4.48. The van der Waals surface area contributed by atoms with Crippen LogP contribution in [0.1, 0.15) is 16.5 Å². The Morgan fingerprint density at radius 1 is 1.24 bits per heavy atom. The Bertz CT molecular complexity index is 763. The monoisotopic (exact) mass is 339 g/mol.